The van der Waals surface area contributed by atoms with Crippen molar-refractivity contribution < 1.29 is 4.74 Å². The Hall–Kier alpha value is -3.83. The highest BCUT2D eigenvalue weighted by Gasteiger charge is 2.25. The van der Waals surface area contributed by atoms with Gasteiger partial charge in [-0.05, 0) is 37.8 Å². The number of hydrogen-bond acceptors (Lipinski definition) is 6. The first-order valence-corrected chi connectivity index (χ1v) is 9.53. The van der Waals surface area contributed by atoms with Crippen LogP contribution in [0, 0.1) is 25.7 Å². The van der Waals surface area contributed by atoms with Gasteiger partial charge in [0.1, 0.15) is 24.3 Å². The van der Waals surface area contributed by atoms with E-state index in [1.54, 1.807) is 19.5 Å². The second kappa shape index (κ2) is 7.21. The van der Waals surface area contributed by atoms with Crippen molar-refractivity contribution in [3.05, 3.63) is 71.1 Å². The number of methoxy groups -OCH3 is 1. The average molecular weight is 397 g/mol. The number of benzene rings is 1. The van der Waals surface area contributed by atoms with E-state index in [9.17, 15) is 0 Å². The van der Waals surface area contributed by atoms with Gasteiger partial charge in [0, 0.05) is 18.9 Å². The Bertz CT molecular complexity index is 1310. The third-order valence-corrected chi connectivity index (χ3v) is 5.02. The largest absolute Gasteiger partial charge is 0.377 e. The first kappa shape index (κ1) is 18.2. The van der Waals surface area contributed by atoms with Crippen LogP contribution in [0.5, 0.6) is 0 Å². The Morgan fingerprint density at radius 3 is 2.77 bits per heavy atom. The molecular weight excluding hydrogens is 378 g/mol. The van der Waals surface area contributed by atoms with Crippen molar-refractivity contribution in [2.45, 2.75) is 27.0 Å². The summed E-state index contributed by atoms with van der Waals surface area (Å²) in [7, 11) is 1.65. The molecule has 3 aromatic heterocycles. The molecule has 0 unspecified atom stereocenters. The molecule has 0 N–H and O–H groups in total. The average Bonchev–Trinajstić information content (AvgIpc) is 3.29. The van der Waals surface area contributed by atoms with Crippen LogP contribution in [0.1, 0.15) is 34.2 Å². The van der Waals surface area contributed by atoms with E-state index in [-0.39, 0.29) is 0 Å². The molecule has 0 bridgehead atoms. The van der Waals surface area contributed by atoms with Gasteiger partial charge in [-0.1, -0.05) is 11.6 Å². The maximum Gasteiger partial charge on any atom is 0.166 e. The molecule has 8 nitrogen and oxygen atoms in total. The molecule has 0 radical (unpaired) electrons. The third-order valence-electron chi connectivity index (χ3n) is 5.02. The van der Waals surface area contributed by atoms with Crippen LogP contribution in [0.2, 0.25) is 0 Å². The summed E-state index contributed by atoms with van der Waals surface area (Å²) >= 11 is 0. The summed E-state index contributed by atoms with van der Waals surface area (Å²) < 4.78 is 9.47. The molecule has 5 rings (SSSR count). The highest BCUT2D eigenvalue weighted by Crippen LogP contribution is 2.32. The summed E-state index contributed by atoms with van der Waals surface area (Å²) in [6, 6.07) is 6.28. The predicted molar refractivity (Wildman–Crippen MR) is 110 cm³/mol. The maximum atomic E-state index is 5.33. The molecule has 0 fully saturated rings. The van der Waals surface area contributed by atoms with E-state index >= 15 is 0 Å². The van der Waals surface area contributed by atoms with Crippen LogP contribution in [0.3, 0.4) is 0 Å². The van der Waals surface area contributed by atoms with Crippen molar-refractivity contribution in [3.63, 3.8) is 0 Å². The summed E-state index contributed by atoms with van der Waals surface area (Å²) in [6.07, 6.45) is 5.19. The molecule has 1 aliphatic heterocycles. The minimum Gasteiger partial charge on any atom is -0.377 e. The van der Waals surface area contributed by atoms with Crippen LogP contribution < -0.4 is 0 Å². The second-order valence-electron chi connectivity index (χ2n) is 7.18. The number of ether oxygens (including phenoxy) is 1. The Balaban J connectivity index is 1.67. The first-order chi connectivity index (χ1) is 14.6. The summed E-state index contributed by atoms with van der Waals surface area (Å²) in [5.74, 6) is 7.81. The molecule has 1 aromatic carbocycles. The monoisotopic (exact) mass is 397 g/mol. The molecule has 0 amide bonds. The Morgan fingerprint density at radius 1 is 1.07 bits per heavy atom. The molecular formula is C22H19N7O. The van der Waals surface area contributed by atoms with E-state index in [0.717, 1.165) is 39.9 Å². The Morgan fingerprint density at radius 2 is 1.97 bits per heavy atom. The summed E-state index contributed by atoms with van der Waals surface area (Å²) in [5.41, 5.74) is 6.27. The van der Waals surface area contributed by atoms with Gasteiger partial charge in [0.25, 0.3) is 0 Å². The lowest BCUT2D eigenvalue weighted by molar-refractivity contribution is 0.174. The van der Waals surface area contributed by atoms with Gasteiger partial charge in [-0.25, -0.2) is 9.97 Å². The minimum absolute atomic E-state index is 0.377. The van der Waals surface area contributed by atoms with Gasteiger partial charge < -0.3 is 9.30 Å². The minimum atomic E-state index is 0.377. The topological polar surface area (TPSA) is 83.5 Å². The van der Waals surface area contributed by atoms with Crippen molar-refractivity contribution in [2.75, 3.05) is 7.11 Å². The van der Waals surface area contributed by atoms with Gasteiger partial charge in [-0.3, -0.25) is 9.55 Å². The fraction of sp³-hybridized carbons (Fsp3) is 0.227. The summed E-state index contributed by atoms with van der Waals surface area (Å²) in [6.45, 7) is 4.88. The van der Waals surface area contributed by atoms with Crippen LogP contribution >= 0.6 is 0 Å². The standard InChI is InChI=1S/C22H19N7O/c1-14-4-7-19-17(8-14)22-27-26-21(12-30-3)28(22)11-20-18(25-13-29(19)20)6-5-16-10-23-15(2)9-24-16/h4,7-10,13H,11-12H2,1-3H3. The van der Waals surface area contributed by atoms with Crippen LogP contribution in [0.15, 0.2) is 36.9 Å². The van der Waals surface area contributed by atoms with Gasteiger partial charge in [0.15, 0.2) is 11.6 Å². The van der Waals surface area contributed by atoms with Gasteiger partial charge >= 0.3 is 0 Å². The fourth-order valence-electron chi connectivity index (χ4n) is 3.54. The second-order valence-corrected chi connectivity index (χ2v) is 7.18. The fourth-order valence-corrected chi connectivity index (χ4v) is 3.54. The third kappa shape index (κ3) is 3.06. The Kier molecular flexibility index (Phi) is 4.38. The van der Waals surface area contributed by atoms with Crippen LogP contribution in [0.25, 0.3) is 17.1 Å². The molecule has 0 atom stereocenters. The number of rotatable bonds is 2. The number of hydrogen-bond donors (Lipinski definition) is 0. The highest BCUT2D eigenvalue weighted by atomic mass is 16.5. The van der Waals surface area contributed by atoms with Gasteiger partial charge in [-0.2, -0.15) is 0 Å². The first-order valence-electron chi connectivity index (χ1n) is 9.53. The number of fused-ring (bicyclic) bond motifs is 5. The molecule has 4 heterocycles. The quantitative estimate of drug-likeness (QED) is 0.426. The molecule has 8 heteroatoms. The van der Waals surface area contributed by atoms with Gasteiger partial charge in [0.05, 0.1) is 29.8 Å². The molecule has 0 spiro atoms. The van der Waals surface area contributed by atoms with E-state index in [1.807, 2.05) is 13.3 Å². The normalized spacial score (nSPS) is 11.7. The van der Waals surface area contributed by atoms with E-state index in [4.69, 9.17) is 4.74 Å². The highest BCUT2D eigenvalue weighted by molar-refractivity contribution is 5.70. The Labute approximate surface area is 173 Å². The maximum absolute atomic E-state index is 5.33. The van der Waals surface area contributed by atoms with Crippen molar-refractivity contribution in [3.8, 4) is 28.9 Å². The van der Waals surface area contributed by atoms with Crippen LogP contribution in [-0.4, -0.2) is 41.4 Å². The van der Waals surface area contributed by atoms with Crippen molar-refractivity contribution in [1.82, 2.24) is 34.3 Å². The summed E-state index contributed by atoms with van der Waals surface area (Å²) in [5, 5.41) is 8.81. The predicted octanol–water partition coefficient (Wildman–Crippen LogP) is 2.45. The van der Waals surface area contributed by atoms with E-state index in [2.05, 4.69) is 71.2 Å². The van der Waals surface area contributed by atoms with Crippen LogP contribution in [-0.2, 0) is 17.9 Å². The zero-order valence-electron chi connectivity index (χ0n) is 16.9. The molecule has 30 heavy (non-hydrogen) atoms. The zero-order valence-corrected chi connectivity index (χ0v) is 16.9. The van der Waals surface area contributed by atoms with E-state index < -0.39 is 0 Å². The van der Waals surface area contributed by atoms with Crippen molar-refractivity contribution >= 4 is 0 Å². The van der Waals surface area contributed by atoms with Crippen molar-refractivity contribution in [1.29, 1.82) is 0 Å². The molecule has 148 valence electrons. The zero-order chi connectivity index (χ0) is 20.7. The smallest absolute Gasteiger partial charge is 0.166 e. The summed E-state index contributed by atoms with van der Waals surface area (Å²) in [4.78, 5) is 13.1. The lowest BCUT2D eigenvalue weighted by Crippen LogP contribution is -2.09. The lowest BCUT2D eigenvalue weighted by Gasteiger charge is -2.08. The number of aromatic nitrogens is 7. The molecule has 4 aromatic rings. The van der Waals surface area contributed by atoms with Crippen molar-refractivity contribution in [2.24, 2.45) is 0 Å². The molecule has 0 saturated carbocycles. The van der Waals surface area contributed by atoms with E-state index in [0.29, 0.717) is 24.5 Å². The molecule has 0 aliphatic carbocycles. The number of nitrogens with zero attached hydrogens (tertiary/aromatic N) is 7. The van der Waals surface area contributed by atoms with Gasteiger partial charge in [-0.15, -0.1) is 10.2 Å². The lowest BCUT2D eigenvalue weighted by atomic mass is 10.1. The number of imidazole rings is 1. The molecule has 0 saturated heterocycles. The van der Waals surface area contributed by atoms with E-state index in [1.165, 1.54) is 0 Å². The van der Waals surface area contributed by atoms with Gasteiger partial charge in [0.2, 0.25) is 0 Å². The SMILES string of the molecule is COCc1nnc2n1Cc1c(C#Cc3cnc(C)cn3)ncn1-c1ccc(C)cc1-2. The number of aryl methyl sites for hydroxylation is 2. The van der Waals surface area contributed by atoms with Crippen LogP contribution in [0.4, 0.5) is 0 Å². The molecule has 1 aliphatic rings.